The lowest BCUT2D eigenvalue weighted by Crippen LogP contribution is -2.39. The van der Waals surface area contributed by atoms with E-state index in [-0.39, 0.29) is 24.3 Å². The zero-order valence-electron chi connectivity index (χ0n) is 9.58. The normalized spacial score (nSPS) is 11.5. The van der Waals surface area contributed by atoms with Gasteiger partial charge in [-0.15, -0.1) is 6.42 Å². The molecular formula is C11H19N3O2. The van der Waals surface area contributed by atoms with E-state index in [1.165, 1.54) is 0 Å². The standard InChI is InChI=1S/C11H19N3O2/c1-3-6-10(15)14-8-5-4-7-9(13-2)11(12)16/h1,9,13H,4-8H2,2H3,(H2,12,16)(H,14,15). The first-order valence-electron chi connectivity index (χ1n) is 5.28. The minimum atomic E-state index is -0.348. The Bertz CT molecular complexity index is 271. The van der Waals surface area contributed by atoms with Crippen LogP contribution in [0.5, 0.6) is 0 Å². The molecule has 0 fully saturated rings. The maximum atomic E-state index is 11.0. The molecule has 0 aromatic heterocycles. The summed E-state index contributed by atoms with van der Waals surface area (Å²) in [5.41, 5.74) is 5.16. The van der Waals surface area contributed by atoms with Gasteiger partial charge in [0.2, 0.25) is 11.8 Å². The molecule has 0 saturated heterocycles. The van der Waals surface area contributed by atoms with Gasteiger partial charge in [0.1, 0.15) is 0 Å². The third-order valence-corrected chi connectivity index (χ3v) is 2.20. The largest absolute Gasteiger partial charge is 0.368 e. The topological polar surface area (TPSA) is 84.2 Å². The average Bonchev–Trinajstić information content (AvgIpc) is 2.23. The Balaban J connectivity index is 3.50. The van der Waals surface area contributed by atoms with E-state index in [4.69, 9.17) is 12.2 Å². The highest BCUT2D eigenvalue weighted by Crippen LogP contribution is 1.99. The predicted molar refractivity (Wildman–Crippen MR) is 62.4 cm³/mol. The number of carbonyl (C=O) groups is 2. The van der Waals surface area contributed by atoms with Gasteiger partial charge in [-0.2, -0.15) is 0 Å². The summed E-state index contributed by atoms with van der Waals surface area (Å²) in [6.07, 6.45) is 7.40. The molecule has 0 saturated carbocycles. The van der Waals surface area contributed by atoms with Crippen molar-refractivity contribution in [3.63, 3.8) is 0 Å². The number of unbranched alkanes of at least 4 members (excludes halogenated alkanes) is 1. The summed E-state index contributed by atoms with van der Waals surface area (Å²) in [6, 6.07) is -0.290. The summed E-state index contributed by atoms with van der Waals surface area (Å²) in [4.78, 5) is 21.8. The van der Waals surface area contributed by atoms with E-state index in [1.807, 2.05) is 0 Å². The summed E-state index contributed by atoms with van der Waals surface area (Å²) in [5, 5.41) is 5.52. The Labute approximate surface area is 96.2 Å². The molecule has 0 heterocycles. The molecule has 0 aromatic rings. The van der Waals surface area contributed by atoms with Crippen molar-refractivity contribution in [3.8, 4) is 12.3 Å². The highest BCUT2D eigenvalue weighted by Gasteiger charge is 2.11. The molecule has 5 nitrogen and oxygen atoms in total. The molecule has 1 atom stereocenters. The number of carbonyl (C=O) groups excluding carboxylic acids is 2. The van der Waals surface area contributed by atoms with Gasteiger partial charge in [-0.3, -0.25) is 9.59 Å². The number of terminal acetylenes is 1. The van der Waals surface area contributed by atoms with Crippen molar-refractivity contribution in [2.75, 3.05) is 13.6 Å². The lowest BCUT2D eigenvalue weighted by Gasteiger charge is -2.11. The van der Waals surface area contributed by atoms with E-state index in [0.29, 0.717) is 13.0 Å². The summed E-state index contributed by atoms with van der Waals surface area (Å²) >= 11 is 0. The highest BCUT2D eigenvalue weighted by atomic mass is 16.2. The number of hydrogen-bond acceptors (Lipinski definition) is 3. The minimum Gasteiger partial charge on any atom is -0.368 e. The fourth-order valence-electron chi connectivity index (χ4n) is 1.29. The number of primary amides is 1. The summed E-state index contributed by atoms with van der Waals surface area (Å²) < 4.78 is 0. The van der Waals surface area contributed by atoms with E-state index in [9.17, 15) is 9.59 Å². The third-order valence-electron chi connectivity index (χ3n) is 2.20. The van der Waals surface area contributed by atoms with Crippen molar-refractivity contribution in [1.29, 1.82) is 0 Å². The molecule has 0 aromatic carbocycles. The van der Waals surface area contributed by atoms with Gasteiger partial charge >= 0.3 is 0 Å². The zero-order valence-corrected chi connectivity index (χ0v) is 9.58. The molecule has 5 heteroatoms. The van der Waals surface area contributed by atoms with Crippen molar-refractivity contribution in [1.82, 2.24) is 10.6 Å². The second-order valence-corrected chi connectivity index (χ2v) is 3.47. The van der Waals surface area contributed by atoms with Gasteiger partial charge in [-0.05, 0) is 26.3 Å². The van der Waals surface area contributed by atoms with Crippen LogP contribution in [0.3, 0.4) is 0 Å². The third kappa shape index (κ3) is 6.85. The number of nitrogens with two attached hydrogens (primary N) is 1. The van der Waals surface area contributed by atoms with Crippen LogP contribution in [0.15, 0.2) is 0 Å². The Kier molecular flexibility index (Phi) is 7.90. The fraction of sp³-hybridized carbons (Fsp3) is 0.636. The molecule has 4 N–H and O–H groups in total. The number of amides is 2. The quantitative estimate of drug-likeness (QED) is 0.380. The van der Waals surface area contributed by atoms with Crippen LogP contribution in [0, 0.1) is 12.3 Å². The molecular weight excluding hydrogens is 206 g/mol. The molecule has 0 aliphatic heterocycles. The van der Waals surface area contributed by atoms with Crippen molar-refractivity contribution in [3.05, 3.63) is 0 Å². The van der Waals surface area contributed by atoms with Crippen molar-refractivity contribution < 1.29 is 9.59 Å². The fourth-order valence-corrected chi connectivity index (χ4v) is 1.29. The number of likely N-dealkylation sites (N-methyl/N-ethyl adjacent to an activating group) is 1. The van der Waals surface area contributed by atoms with Crippen LogP contribution >= 0.6 is 0 Å². The van der Waals surface area contributed by atoms with Gasteiger partial charge < -0.3 is 16.4 Å². The number of rotatable bonds is 8. The monoisotopic (exact) mass is 225 g/mol. The van der Waals surface area contributed by atoms with Crippen LogP contribution in [0.4, 0.5) is 0 Å². The van der Waals surface area contributed by atoms with E-state index in [2.05, 4.69) is 16.6 Å². The molecule has 0 rings (SSSR count). The molecule has 2 amide bonds. The lowest BCUT2D eigenvalue weighted by molar-refractivity contribution is -0.121. The van der Waals surface area contributed by atoms with Crippen molar-refractivity contribution in [2.24, 2.45) is 5.73 Å². The molecule has 0 spiro atoms. The number of hydrogen-bond donors (Lipinski definition) is 3. The summed E-state index contributed by atoms with van der Waals surface area (Å²) in [6.45, 7) is 0.579. The molecule has 1 unspecified atom stereocenters. The van der Waals surface area contributed by atoms with Crippen molar-refractivity contribution in [2.45, 2.75) is 31.7 Å². The maximum Gasteiger partial charge on any atom is 0.234 e. The molecule has 0 bridgehead atoms. The van der Waals surface area contributed by atoms with Gasteiger partial charge in [-0.25, -0.2) is 0 Å². The van der Waals surface area contributed by atoms with Gasteiger partial charge in [0.15, 0.2) is 0 Å². The van der Waals surface area contributed by atoms with Crippen LogP contribution in [-0.2, 0) is 9.59 Å². The molecule has 90 valence electrons. The maximum absolute atomic E-state index is 11.0. The van der Waals surface area contributed by atoms with Crippen LogP contribution in [-0.4, -0.2) is 31.4 Å². The van der Waals surface area contributed by atoms with Gasteiger partial charge in [0, 0.05) is 6.54 Å². The van der Waals surface area contributed by atoms with Gasteiger partial charge in [0.05, 0.1) is 12.5 Å². The second-order valence-electron chi connectivity index (χ2n) is 3.47. The molecule has 0 radical (unpaired) electrons. The van der Waals surface area contributed by atoms with E-state index in [0.717, 1.165) is 12.8 Å². The molecule has 0 aliphatic carbocycles. The van der Waals surface area contributed by atoms with Crippen LogP contribution in [0.25, 0.3) is 0 Å². The average molecular weight is 225 g/mol. The predicted octanol–water partition coefficient (Wildman–Crippen LogP) is -0.630. The first-order chi connectivity index (χ1) is 7.61. The van der Waals surface area contributed by atoms with Gasteiger partial charge in [-0.1, -0.05) is 5.92 Å². The van der Waals surface area contributed by atoms with E-state index >= 15 is 0 Å². The molecule has 16 heavy (non-hydrogen) atoms. The van der Waals surface area contributed by atoms with Crippen molar-refractivity contribution >= 4 is 11.8 Å². The summed E-state index contributed by atoms with van der Waals surface area (Å²) in [7, 11) is 1.70. The zero-order chi connectivity index (χ0) is 12.4. The van der Waals surface area contributed by atoms with Crippen LogP contribution in [0.2, 0.25) is 0 Å². The van der Waals surface area contributed by atoms with Crippen LogP contribution < -0.4 is 16.4 Å². The van der Waals surface area contributed by atoms with E-state index < -0.39 is 0 Å². The minimum absolute atomic E-state index is 0.112. The first kappa shape index (κ1) is 14.5. The van der Waals surface area contributed by atoms with Crippen LogP contribution in [0.1, 0.15) is 25.7 Å². The lowest BCUT2D eigenvalue weighted by atomic mass is 10.1. The molecule has 0 aliphatic rings. The Morgan fingerprint density at radius 2 is 2.12 bits per heavy atom. The van der Waals surface area contributed by atoms with E-state index in [1.54, 1.807) is 7.05 Å². The Morgan fingerprint density at radius 1 is 1.44 bits per heavy atom. The first-order valence-corrected chi connectivity index (χ1v) is 5.28. The SMILES string of the molecule is C#CCC(=O)NCCCCC(NC)C(N)=O. The number of nitrogens with one attached hydrogen (secondary N) is 2. The Hall–Kier alpha value is -1.54. The van der Waals surface area contributed by atoms with Gasteiger partial charge in [0.25, 0.3) is 0 Å². The second kappa shape index (κ2) is 8.74. The summed E-state index contributed by atoms with van der Waals surface area (Å²) in [5.74, 6) is 1.78. The Morgan fingerprint density at radius 3 is 2.62 bits per heavy atom. The highest BCUT2D eigenvalue weighted by molar-refractivity contribution is 5.79. The smallest absolute Gasteiger partial charge is 0.234 e.